The lowest BCUT2D eigenvalue weighted by Gasteiger charge is -2.06. The molecule has 4 rings (SSSR count). The second kappa shape index (κ2) is 7.84. The summed E-state index contributed by atoms with van der Waals surface area (Å²) in [6.07, 6.45) is 0. The Hall–Kier alpha value is -3.80. The molecule has 0 aliphatic heterocycles. The summed E-state index contributed by atoms with van der Waals surface area (Å²) in [6.45, 7) is -0.0144. The first kappa shape index (κ1) is 17.6. The number of rotatable bonds is 5. The van der Waals surface area contributed by atoms with Gasteiger partial charge >= 0.3 is 5.97 Å². The van der Waals surface area contributed by atoms with Gasteiger partial charge in [-0.25, -0.2) is 9.18 Å². The maximum Gasteiger partial charge on any atom is 0.338 e. The predicted octanol–water partition coefficient (Wildman–Crippen LogP) is 4.90. The molecule has 0 amide bonds. The van der Waals surface area contributed by atoms with Crippen LogP contribution in [-0.2, 0) is 11.3 Å². The van der Waals surface area contributed by atoms with Crippen molar-refractivity contribution in [2.24, 2.45) is 0 Å². The Kier molecular flexibility index (Phi) is 4.93. The zero-order valence-electron chi connectivity index (χ0n) is 14.7. The Morgan fingerprint density at radius 3 is 2.36 bits per heavy atom. The fraction of sp³-hybridized carbons (Fsp3) is 0.0455. The first-order valence-corrected chi connectivity index (χ1v) is 8.60. The monoisotopic (exact) mass is 374 g/mol. The molecule has 1 heterocycles. The van der Waals surface area contributed by atoms with E-state index in [1.807, 2.05) is 30.3 Å². The number of hydrogen-bond acceptors (Lipinski definition) is 5. The molecule has 0 saturated carbocycles. The summed E-state index contributed by atoms with van der Waals surface area (Å²) < 4.78 is 24.2. The lowest BCUT2D eigenvalue weighted by atomic mass is 10.1. The van der Waals surface area contributed by atoms with Crippen LogP contribution in [0.2, 0.25) is 0 Å². The first-order valence-electron chi connectivity index (χ1n) is 8.60. The SMILES string of the molecule is O=C(OCc1cccc(F)c1)c1cccc(-c2nnc(-c3ccccc3)o2)c1. The van der Waals surface area contributed by atoms with E-state index in [0.29, 0.717) is 28.5 Å². The highest BCUT2D eigenvalue weighted by Gasteiger charge is 2.14. The van der Waals surface area contributed by atoms with Gasteiger partial charge in [-0.2, -0.15) is 0 Å². The highest BCUT2D eigenvalue weighted by atomic mass is 19.1. The number of benzene rings is 3. The van der Waals surface area contributed by atoms with Crippen LogP contribution in [0.25, 0.3) is 22.9 Å². The molecular weight excluding hydrogens is 359 g/mol. The van der Waals surface area contributed by atoms with Gasteiger partial charge in [-0.05, 0) is 48.0 Å². The largest absolute Gasteiger partial charge is 0.457 e. The lowest BCUT2D eigenvalue weighted by Crippen LogP contribution is -2.05. The van der Waals surface area contributed by atoms with Crippen molar-refractivity contribution in [3.8, 4) is 22.9 Å². The molecule has 0 bridgehead atoms. The van der Waals surface area contributed by atoms with Crippen molar-refractivity contribution in [3.05, 3.63) is 95.8 Å². The van der Waals surface area contributed by atoms with E-state index in [-0.39, 0.29) is 12.4 Å². The van der Waals surface area contributed by atoms with Crippen LogP contribution in [0.15, 0.2) is 83.3 Å². The fourth-order valence-corrected chi connectivity index (χ4v) is 2.68. The van der Waals surface area contributed by atoms with Crippen molar-refractivity contribution in [2.75, 3.05) is 0 Å². The van der Waals surface area contributed by atoms with Crippen LogP contribution in [0.1, 0.15) is 15.9 Å². The molecule has 0 atom stereocenters. The molecule has 0 saturated heterocycles. The molecule has 0 fully saturated rings. The highest BCUT2D eigenvalue weighted by Crippen LogP contribution is 2.24. The van der Waals surface area contributed by atoms with Crippen molar-refractivity contribution in [1.29, 1.82) is 0 Å². The predicted molar refractivity (Wildman–Crippen MR) is 101 cm³/mol. The molecule has 0 aliphatic rings. The molecule has 0 radical (unpaired) electrons. The summed E-state index contributed by atoms with van der Waals surface area (Å²) >= 11 is 0. The molecule has 6 heteroatoms. The van der Waals surface area contributed by atoms with Crippen LogP contribution in [0.5, 0.6) is 0 Å². The number of aromatic nitrogens is 2. The molecule has 0 N–H and O–H groups in total. The average molecular weight is 374 g/mol. The van der Waals surface area contributed by atoms with Gasteiger partial charge in [0.05, 0.1) is 5.56 Å². The smallest absolute Gasteiger partial charge is 0.338 e. The number of hydrogen-bond donors (Lipinski definition) is 0. The van der Waals surface area contributed by atoms with Gasteiger partial charge in [-0.1, -0.05) is 36.4 Å². The zero-order chi connectivity index (χ0) is 19.3. The maximum atomic E-state index is 13.2. The maximum absolute atomic E-state index is 13.2. The van der Waals surface area contributed by atoms with E-state index in [1.54, 1.807) is 36.4 Å². The topological polar surface area (TPSA) is 65.2 Å². The summed E-state index contributed by atoms with van der Waals surface area (Å²) in [5.41, 5.74) is 2.34. The summed E-state index contributed by atoms with van der Waals surface area (Å²) in [4.78, 5) is 12.3. The van der Waals surface area contributed by atoms with Gasteiger partial charge < -0.3 is 9.15 Å². The minimum absolute atomic E-state index is 0.0144. The number of nitrogens with zero attached hydrogens (tertiary/aromatic N) is 2. The lowest BCUT2D eigenvalue weighted by molar-refractivity contribution is 0.0472. The van der Waals surface area contributed by atoms with E-state index in [4.69, 9.17) is 9.15 Å². The quantitative estimate of drug-likeness (QED) is 0.465. The van der Waals surface area contributed by atoms with Crippen molar-refractivity contribution in [2.45, 2.75) is 6.61 Å². The molecule has 138 valence electrons. The summed E-state index contributed by atoms with van der Waals surface area (Å²) in [5.74, 6) is -0.191. The first-order chi connectivity index (χ1) is 13.7. The van der Waals surface area contributed by atoms with Gasteiger partial charge in [0, 0.05) is 11.1 Å². The standard InChI is InChI=1S/C22H15FN2O3/c23-19-11-4-6-15(12-19)14-27-22(26)18-10-5-9-17(13-18)21-25-24-20(28-21)16-7-2-1-3-8-16/h1-13H,14H2. The second-order valence-electron chi connectivity index (χ2n) is 6.07. The highest BCUT2D eigenvalue weighted by molar-refractivity contribution is 5.90. The van der Waals surface area contributed by atoms with Crippen LogP contribution in [0.3, 0.4) is 0 Å². The molecule has 28 heavy (non-hydrogen) atoms. The van der Waals surface area contributed by atoms with Crippen LogP contribution >= 0.6 is 0 Å². The summed E-state index contributed by atoms with van der Waals surface area (Å²) in [6, 6.07) is 22.1. The van der Waals surface area contributed by atoms with E-state index < -0.39 is 5.97 Å². The molecule has 0 aliphatic carbocycles. The third-order valence-electron chi connectivity index (χ3n) is 4.05. The Morgan fingerprint density at radius 2 is 1.57 bits per heavy atom. The van der Waals surface area contributed by atoms with Crippen LogP contribution in [0, 0.1) is 5.82 Å². The molecule has 0 spiro atoms. The summed E-state index contributed by atoms with van der Waals surface area (Å²) in [5, 5.41) is 8.11. The minimum atomic E-state index is -0.520. The Bertz CT molecular complexity index is 1110. The third kappa shape index (κ3) is 3.96. The normalized spacial score (nSPS) is 10.6. The van der Waals surface area contributed by atoms with E-state index in [0.717, 1.165) is 5.56 Å². The summed E-state index contributed by atoms with van der Waals surface area (Å²) in [7, 11) is 0. The second-order valence-corrected chi connectivity index (χ2v) is 6.07. The molecule has 5 nitrogen and oxygen atoms in total. The number of carbonyl (C=O) groups excluding carboxylic acids is 1. The molecule has 1 aromatic heterocycles. The van der Waals surface area contributed by atoms with Crippen molar-refractivity contribution in [1.82, 2.24) is 10.2 Å². The molecule has 4 aromatic rings. The Balaban J connectivity index is 1.50. The Morgan fingerprint density at radius 1 is 0.857 bits per heavy atom. The number of carbonyl (C=O) groups is 1. The van der Waals surface area contributed by atoms with Gasteiger partial charge in [0.25, 0.3) is 0 Å². The van der Waals surface area contributed by atoms with Gasteiger partial charge in [0.15, 0.2) is 0 Å². The van der Waals surface area contributed by atoms with Gasteiger partial charge in [0.2, 0.25) is 11.8 Å². The van der Waals surface area contributed by atoms with Gasteiger partial charge in [0.1, 0.15) is 12.4 Å². The number of halogens is 1. The van der Waals surface area contributed by atoms with E-state index in [1.165, 1.54) is 12.1 Å². The van der Waals surface area contributed by atoms with Crippen molar-refractivity contribution in [3.63, 3.8) is 0 Å². The van der Waals surface area contributed by atoms with E-state index in [9.17, 15) is 9.18 Å². The van der Waals surface area contributed by atoms with E-state index in [2.05, 4.69) is 10.2 Å². The fourth-order valence-electron chi connectivity index (χ4n) is 2.68. The zero-order valence-corrected chi connectivity index (χ0v) is 14.7. The average Bonchev–Trinajstić information content (AvgIpc) is 3.23. The van der Waals surface area contributed by atoms with Crippen LogP contribution in [0.4, 0.5) is 4.39 Å². The molecule has 0 unspecified atom stereocenters. The number of esters is 1. The van der Waals surface area contributed by atoms with Crippen LogP contribution in [-0.4, -0.2) is 16.2 Å². The van der Waals surface area contributed by atoms with Gasteiger partial charge in [-0.15, -0.1) is 10.2 Å². The van der Waals surface area contributed by atoms with Gasteiger partial charge in [-0.3, -0.25) is 0 Å². The number of ether oxygens (including phenoxy) is 1. The third-order valence-corrected chi connectivity index (χ3v) is 4.05. The minimum Gasteiger partial charge on any atom is -0.457 e. The van der Waals surface area contributed by atoms with E-state index >= 15 is 0 Å². The van der Waals surface area contributed by atoms with Crippen LogP contribution < -0.4 is 0 Å². The Labute approximate surface area is 160 Å². The van der Waals surface area contributed by atoms with Crippen molar-refractivity contribution < 1.29 is 18.3 Å². The van der Waals surface area contributed by atoms with Crippen molar-refractivity contribution >= 4 is 5.97 Å². The molecular formula is C22H15FN2O3. The molecule has 3 aromatic carbocycles.